The van der Waals surface area contributed by atoms with Crippen molar-refractivity contribution >= 4 is 17.0 Å². The van der Waals surface area contributed by atoms with Crippen LogP contribution in [0, 0.1) is 17.3 Å². The summed E-state index contributed by atoms with van der Waals surface area (Å²) in [7, 11) is 9.87. The first kappa shape index (κ1) is 17.4. The maximum atomic E-state index is 9.04. The van der Waals surface area contributed by atoms with Gasteiger partial charge in [-0.2, -0.15) is 0 Å². The Bertz CT molecular complexity index is 322. The molecule has 0 amide bonds. The van der Waals surface area contributed by atoms with E-state index in [1.165, 1.54) is 0 Å². The third-order valence-corrected chi connectivity index (χ3v) is 3.89. The SMILES string of the molecule is CC(CCCO)(C1C=CC=C1)C1C=CC=C1.[Cl][Zr][Cl]. The molecule has 104 valence electrons. The Morgan fingerprint density at radius 3 is 1.68 bits per heavy atom. The molecule has 0 aromatic carbocycles. The zero-order chi connectivity index (χ0) is 14.1. The van der Waals surface area contributed by atoms with Gasteiger partial charge in [0.15, 0.2) is 0 Å². The van der Waals surface area contributed by atoms with Gasteiger partial charge < -0.3 is 5.11 Å². The predicted molar refractivity (Wildman–Crippen MR) is 79.7 cm³/mol. The number of halogens is 2. The Morgan fingerprint density at radius 1 is 1.00 bits per heavy atom. The molecule has 0 radical (unpaired) electrons. The Kier molecular flexibility index (Phi) is 8.57. The van der Waals surface area contributed by atoms with Crippen molar-refractivity contribution < 1.29 is 26.0 Å². The Morgan fingerprint density at radius 2 is 1.37 bits per heavy atom. The van der Waals surface area contributed by atoms with Gasteiger partial charge in [0, 0.05) is 18.4 Å². The summed E-state index contributed by atoms with van der Waals surface area (Å²) < 4.78 is 0. The number of allylic oxidation sites excluding steroid dienone is 8. The summed E-state index contributed by atoms with van der Waals surface area (Å²) in [6, 6.07) is 0. The third-order valence-electron chi connectivity index (χ3n) is 3.89. The summed E-state index contributed by atoms with van der Waals surface area (Å²) >= 11 is -0.826. The second kappa shape index (κ2) is 9.34. The summed E-state index contributed by atoms with van der Waals surface area (Å²) in [5.41, 5.74) is 0.204. The van der Waals surface area contributed by atoms with Crippen LogP contribution >= 0.6 is 17.0 Å². The molecule has 1 N–H and O–H groups in total. The average Bonchev–Trinajstić information content (AvgIpc) is 3.08. The normalized spacial score (nSPS) is 17.9. The number of rotatable bonds is 5. The first-order valence-corrected chi connectivity index (χ1v) is 12.8. The van der Waals surface area contributed by atoms with Crippen molar-refractivity contribution in [3.63, 3.8) is 0 Å². The molecule has 0 spiro atoms. The van der Waals surface area contributed by atoms with Gasteiger partial charge in [0.05, 0.1) is 0 Å². The fraction of sp³-hybridized carbons (Fsp3) is 0.467. The van der Waals surface area contributed by atoms with Crippen LogP contribution in [0.5, 0.6) is 0 Å². The molecular formula is C15H20Cl2OZr. The second-order valence-corrected chi connectivity index (χ2v) is 8.73. The van der Waals surface area contributed by atoms with Crippen molar-refractivity contribution in [1.82, 2.24) is 0 Å². The molecule has 2 rings (SSSR count). The molecule has 0 aromatic heterocycles. The molecule has 0 saturated carbocycles. The van der Waals surface area contributed by atoms with Crippen molar-refractivity contribution in [2.24, 2.45) is 17.3 Å². The quantitative estimate of drug-likeness (QED) is 0.740. The van der Waals surface area contributed by atoms with Crippen LogP contribution in [0.25, 0.3) is 0 Å². The molecule has 0 aliphatic heterocycles. The molecule has 0 fully saturated rings. The van der Waals surface area contributed by atoms with Crippen LogP contribution in [0.4, 0.5) is 0 Å². The van der Waals surface area contributed by atoms with Crippen molar-refractivity contribution in [3.8, 4) is 0 Å². The van der Waals surface area contributed by atoms with Gasteiger partial charge in [0.25, 0.3) is 0 Å². The van der Waals surface area contributed by atoms with Gasteiger partial charge in [-0.1, -0.05) is 55.5 Å². The first-order valence-electron chi connectivity index (χ1n) is 6.46. The van der Waals surface area contributed by atoms with Gasteiger partial charge in [-0.15, -0.1) is 0 Å². The van der Waals surface area contributed by atoms with E-state index in [0.717, 1.165) is 12.8 Å². The van der Waals surface area contributed by atoms with Crippen LogP contribution in [0.1, 0.15) is 19.8 Å². The van der Waals surface area contributed by atoms with E-state index in [1.807, 2.05) is 0 Å². The van der Waals surface area contributed by atoms with Crippen LogP contribution in [-0.4, -0.2) is 11.7 Å². The molecule has 2 aliphatic carbocycles. The number of aliphatic hydroxyl groups is 1. The van der Waals surface area contributed by atoms with Gasteiger partial charge in [-0.25, -0.2) is 0 Å². The Hall–Kier alpha value is 0.383. The van der Waals surface area contributed by atoms with E-state index in [4.69, 9.17) is 22.1 Å². The van der Waals surface area contributed by atoms with Crippen molar-refractivity contribution in [1.29, 1.82) is 0 Å². The Balaban J connectivity index is 0.000000550. The maximum absolute atomic E-state index is 9.04. The molecule has 1 nitrogen and oxygen atoms in total. The van der Waals surface area contributed by atoms with Crippen molar-refractivity contribution in [2.45, 2.75) is 19.8 Å². The Labute approximate surface area is 134 Å². The minimum absolute atomic E-state index is 0.204. The molecule has 0 atom stereocenters. The summed E-state index contributed by atoms with van der Waals surface area (Å²) in [5.74, 6) is 0.993. The molecule has 0 aromatic rings. The van der Waals surface area contributed by atoms with Gasteiger partial charge in [0.1, 0.15) is 0 Å². The molecule has 0 saturated heterocycles. The average molecular weight is 378 g/mol. The van der Waals surface area contributed by atoms with Crippen molar-refractivity contribution in [2.75, 3.05) is 6.61 Å². The number of aliphatic hydroxyl groups excluding tert-OH is 1. The summed E-state index contributed by atoms with van der Waals surface area (Å²) in [4.78, 5) is 0. The fourth-order valence-electron chi connectivity index (χ4n) is 2.76. The van der Waals surface area contributed by atoms with E-state index in [0.29, 0.717) is 11.8 Å². The van der Waals surface area contributed by atoms with E-state index in [1.54, 1.807) is 0 Å². The number of hydrogen-bond acceptors (Lipinski definition) is 1. The summed E-state index contributed by atoms with van der Waals surface area (Å²) in [6.45, 7) is 2.62. The van der Waals surface area contributed by atoms with E-state index in [-0.39, 0.29) is 12.0 Å². The summed E-state index contributed by atoms with van der Waals surface area (Å²) in [6.07, 6.45) is 19.6. The van der Waals surface area contributed by atoms with Gasteiger partial charge >= 0.3 is 37.9 Å². The van der Waals surface area contributed by atoms with Crippen molar-refractivity contribution in [3.05, 3.63) is 48.6 Å². The van der Waals surface area contributed by atoms with Crippen LogP contribution in [0.15, 0.2) is 48.6 Å². The summed E-state index contributed by atoms with van der Waals surface area (Å²) in [5, 5.41) is 9.04. The molecule has 0 heterocycles. The zero-order valence-corrected chi connectivity index (χ0v) is 15.1. The topological polar surface area (TPSA) is 20.2 Å². The van der Waals surface area contributed by atoms with Gasteiger partial charge in [-0.3, -0.25) is 0 Å². The van der Waals surface area contributed by atoms with Crippen LogP contribution in [0.2, 0.25) is 0 Å². The minimum atomic E-state index is -0.826. The van der Waals surface area contributed by atoms with Gasteiger partial charge in [0.2, 0.25) is 0 Å². The molecular weight excluding hydrogens is 358 g/mol. The second-order valence-electron chi connectivity index (χ2n) is 5.00. The molecule has 4 heteroatoms. The first-order chi connectivity index (χ1) is 9.19. The van der Waals surface area contributed by atoms with Crippen LogP contribution < -0.4 is 0 Å². The van der Waals surface area contributed by atoms with E-state index in [9.17, 15) is 0 Å². The van der Waals surface area contributed by atoms with E-state index in [2.05, 4.69) is 55.5 Å². The van der Waals surface area contributed by atoms with E-state index < -0.39 is 20.8 Å². The number of hydrogen-bond donors (Lipinski definition) is 1. The predicted octanol–water partition coefficient (Wildman–Crippen LogP) is 4.63. The third kappa shape index (κ3) is 5.01. The fourth-order valence-corrected chi connectivity index (χ4v) is 2.76. The monoisotopic (exact) mass is 376 g/mol. The molecule has 0 unspecified atom stereocenters. The zero-order valence-electron chi connectivity index (χ0n) is 11.1. The van der Waals surface area contributed by atoms with Crippen LogP contribution in [0.3, 0.4) is 0 Å². The van der Waals surface area contributed by atoms with Gasteiger partial charge in [-0.05, 0) is 18.3 Å². The standard InChI is InChI=1S/C15H20O.2ClH.Zr/c1-15(11-6-12-16,13-7-2-3-8-13)14-9-4-5-10-14;;;/h2-5,7-10,13-14,16H,6,11-12H2,1H3;2*1H;/q;;;+2/p-2. The molecule has 19 heavy (non-hydrogen) atoms. The van der Waals surface area contributed by atoms with E-state index >= 15 is 0 Å². The molecule has 0 bridgehead atoms. The van der Waals surface area contributed by atoms with Crippen LogP contribution in [-0.2, 0) is 20.8 Å². The molecule has 2 aliphatic rings.